The Labute approximate surface area is 143 Å². The molecule has 1 aromatic heterocycles. The first kappa shape index (κ1) is 16.8. The predicted molar refractivity (Wildman–Crippen MR) is 90.5 cm³/mol. The molecule has 0 aliphatic carbocycles. The van der Waals surface area contributed by atoms with E-state index in [0.29, 0.717) is 17.7 Å². The first-order chi connectivity index (χ1) is 11.9. The Morgan fingerprint density at radius 2 is 1.88 bits per heavy atom. The molecule has 0 amide bonds. The number of aryl methyl sites for hydroxylation is 1. The number of pyridine rings is 1. The number of halogens is 2. The Morgan fingerprint density at radius 3 is 2.56 bits per heavy atom. The third-order valence-corrected chi connectivity index (χ3v) is 3.92. The summed E-state index contributed by atoms with van der Waals surface area (Å²) in [4.78, 5) is 15.6. The van der Waals surface area contributed by atoms with Crippen LogP contribution in [0.5, 0.6) is 0 Å². The molecule has 3 aromatic rings. The SMILES string of the molecule is Cc1ccc(Cc2ccc(-c3cc(F)ccc3F)nc2)c(C(=O)O)c1. The van der Waals surface area contributed by atoms with Crippen molar-refractivity contribution < 1.29 is 18.7 Å². The van der Waals surface area contributed by atoms with Crippen LogP contribution in [0.25, 0.3) is 11.3 Å². The molecule has 126 valence electrons. The number of aromatic nitrogens is 1. The van der Waals surface area contributed by atoms with Crippen LogP contribution in [0.1, 0.15) is 27.0 Å². The molecule has 0 spiro atoms. The maximum absolute atomic E-state index is 13.8. The van der Waals surface area contributed by atoms with Gasteiger partial charge in [0.2, 0.25) is 0 Å². The van der Waals surface area contributed by atoms with Crippen LogP contribution in [0.3, 0.4) is 0 Å². The van der Waals surface area contributed by atoms with Crippen molar-refractivity contribution in [3.8, 4) is 11.3 Å². The summed E-state index contributed by atoms with van der Waals surface area (Å²) in [5.74, 6) is -2.06. The molecule has 0 fully saturated rings. The van der Waals surface area contributed by atoms with Gasteiger partial charge in [-0.05, 0) is 54.8 Å². The van der Waals surface area contributed by atoms with Gasteiger partial charge in [-0.25, -0.2) is 13.6 Å². The summed E-state index contributed by atoms with van der Waals surface area (Å²) < 4.78 is 27.1. The van der Waals surface area contributed by atoms with E-state index in [1.54, 1.807) is 30.5 Å². The highest BCUT2D eigenvalue weighted by Gasteiger charge is 2.12. The zero-order valence-electron chi connectivity index (χ0n) is 13.5. The van der Waals surface area contributed by atoms with Crippen LogP contribution in [0, 0.1) is 18.6 Å². The highest BCUT2D eigenvalue weighted by molar-refractivity contribution is 5.89. The Kier molecular flexibility index (Phi) is 4.57. The Bertz CT molecular complexity index is 937. The third-order valence-electron chi connectivity index (χ3n) is 3.92. The molecule has 0 aliphatic heterocycles. The maximum atomic E-state index is 13.8. The smallest absolute Gasteiger partial charge is 0.335 e. The van der Waals surface area contributed by atoms with Crippen LogP contribution in [-0.2, 0) is 6.42 Å². The fourth-order valence-corrected chi connectivity index (χ4v) is 2.65. The van der Waals surface area contributed by atoms with E-state index < -0.39 is 17.6 Å². The number of benzene rings is 2. The molecule has 25 heavy (non-hydrogen) atoms. The van der Waals surface area contributed by atoms with Crippen molar-refractivity contribution in [2.24, 2.45) is 0 Å². The van der Waals surface area contributed by atoms with Gasteiger partial charge in [-0.3, -0.25) is 4.98 Å². The molecule has 5 heteroatoms. The molecule has 1 N–H and O–H groups in total. The van der Waals surface area contributed by atoms with Crippen molar-refractivity contribution in [2.75, 3.05) is 0 Å². The van der Waals surface area contributed by atoms with Crippen molar-refractivity contribution in [1.29, 1.82) is 0 Å². The van der Waals surface area contributed by atoms with Gasteiger partial charge in [0.15, 0.2) is 0 Å². The Morgan fingerprint density at radius 1 is 1.08 bits per heavy atom. The minimum absolute atomic E-state index is 0.0908. The highest BCUT2D eigenvalue weighted by Crippen LogP contribution is 2.23. The molecule has 0 bridgehead atoms. The van der Waals surface area contributed by atoms with E-state index in [4.69, 9.17) is 0 Å². The van der Waals surface area contributed by atoms with Gasteiger partial charge in [0.25, 0.3) is 0 Å². The molecular weight excluding hydrogens is 324 g/mol. The highest BCUT2D eigenvalue weighted by atomic mass is 19.1. The van der Waals surface area contributed by atoms with Crippen molar-refractivity contribution in [1.82, 2.24) is 4.98 Å². The molecular formula is C20H15F2NO2. The van der Waals surface area contributed by atoms with Crippen molar-refractivity contribution in [2.45, 2.75) is 13.3 Å². The minimum atomic E-state index is -0.981. The van der Waals surface area contributed by atoms with Crippen molar-refractivity contribution in [3.63, 3.8) is 0 Å². The number of rotatable bonds is 4. The molecule has 0 aliphatic rings. The summed E-state index contributed by atoms with van der Waals surface area (Å²) in [7, 11) is 0. The normalized spacial score (nSPS) is 10.7. The topological polar surface area (TPSA) is 50.2 Å². The summed E-state index contributed by atoms with van der Waals surface area (Å²) in [6.07, 6.45) is 1.94. The second-order valence-electron chi connectivity index (χ2n) is 5.82. The van der Waals surface area contributed by atoms with E-state index in [2.05, 4.69) is 4.98 Å². The molecule has 3 rings (SSSR count). The van der Waals surface area contributed by atoms with Crippen molar-refractivity contribution >= 4 is 5.97 Å². The van der Waals surface area contributed by atoms with Gasteiger partial charge >= 0.3 is 5.97 Å². The number of aromatic carboxylic acids is 1. The summed E-state index contributed by atoms with van der Waals surface area (Å²) in [5.41, 5.74) is 2.99. The van der Waals surface area contributed by atoms with Gasteiger partial charge < -0.3 is 5.11 Å². The van der Waals surface area contributed by atoms with E-state index in [1.807, 2.05) is 13.0 Å². The van der Waals surface area contributed by atoms with Gasteiger partial charge in [-0.15, -0.1) is 0 Å². The first-order valence-electron chi connectivity index (χ1n) is 7.67. The molecule has 0 atom stereocenters. The predicted octanol–water partition coefficient (Wildman–Crippen LogP) is 4.62. The Balaban J connectivity index is 1.89. The van der Waals surface area contributed by atoms with E-state index in [-0.39, 0.29) is 11.1 Å². The fourth-order valence-electron chi connectivity index (χ4n) is 2.65. The lowest BCUT2D eigenvalue weighted by Crippen LogP contribution is -2.04. The zero-order chi connectivity index (χ0) is 18.0. The summed E-state index contributed by atoms with van der Waals surface area (Å²) in [6.45, 7) is 1.83. The van der Waals surface area contributed by atoms with E-state index >= 15 is 0 Å². The molecule has 0 saturated heterocycles. The van der Waals surface area contributed by atoms with E-state index in [9.17, 15) is 18.7 Å². The molecule has 1 heterocycles. The van der Waals surface area contributed by atoms with Crippen molar-refractivity contribution in [3.05, 3.63) is 88.6 Å². The van der Waals surface area contributed by atoms with Crippen LogP contribution >= 0.6 is 0 Å². The first-order valence-corrected chi connectivity index (χ1v) is 7.67. The Hall–Kier alpha value is -3.08. The van der Waals surface area contributed by atoms with Crippen LogP contribution < -0.4 is 0 Å². The second-order valence-corrected chi connectivity index (χ2v) is 5.82. The number of carboxylic acids is 1. The average molecular weight is 339 g/mol. The maximum Gasteiger partial charge on any atom is 0.335 e. The van der Waals surface area contributed by atoms with Gasteiger partial charge in [0.05, 0.1) is 11.3 Å². The van der Waals surface area contributed by atoms with Gasteiger partial charge in [0.1, 0.15) is 11.6 Å². The van der Waals surface area contributed by atoms with Gasteiger partial charge in [0, 0.05) is 11.8 Å². The summed E-state index contributed by atoms with van der Waals surface area (Å²) in [6, 6.07) is 11.8. The van der Waals surface area contributed by atoms with Gasteiger partial charge in [-0.1, -0.05) is 23.8 Å². The lowest BCUT2D eigenvalue weighted by atomic mass is 9.98. The quantitative estimate of drug-likeness (QED) is 0.754. The zero-order valence-corrected chi connectivity index (χ0v) is 13.5. The minimum Gasteiger partial charge on any atom is -0.478 e. The number of carboxylic acid groups (broad SMARTS) is 1. The van der Waals surface area contributed by atoms with Crippen LogP contribution in [-0.4, -0.2) is 16.1 Å². The lowest BCUT2D eigenvalue weighted by Gasteiger charge is -2.08. The third kappa shape index (κ3) is 3.71. The number of hydrogen-bond donors (Lipinski definition) is 1. The largest absolute Gasteiger partial charge is 0.478 e. The summed E-state index contributed by atoms with van der Waals surface area (Å²) >= 11 is 0. The number of hydrogen-bond acceptors (Lipinski definition) is 2. The number of carbonyl (C=O) groups is 1. The van der Waals surface area contributed by atoms with Gasteiger partial charge in [-0.2, -0.15) is 0 Å². The van der Waals surface area contributed by atoms with Crippen LogP contribution in [0.2, 0.25) is 0 Å². The van der Waals surface area contributed by atoms with E-state index in [0.717, 1.165) is 29.3 Å². The lowest BCUT2D eigenvalue weighted by molar-refractivity contribution is 0.0695. The molecule has 0 unspecified atom stereocenters. The molecule has 0 radical (unpaired) electrons. The summed E-state index contributed by atoms with van der Waals surface area (Å²) in [5, 5.41) is 9.32. The fraction of sp³-hybridized carbons (Fsp3) is 0.100. The second kappa shape index (κ2) is 6.81. The standard InChI is InChI=1S/C20H15F2NO2/c1-12-2-4-14(16(8-12)20(24)25)9-13-3-7-19(23-11-13)17-10-15(21)5-6-18(17)22/h2-8,10-11H,9H2,1H3,(H,24,25). The average Bonchev–Trinajstić information content (AvgIpc) is 2.59. The molecule has 2 aromatic carbocycles. The van der Waals surface area contributed by atoms with E-state index in [1.165, 1.54) is 0 Å². The molecule has 0 saturated carbocycles. The van der Waals surface area contributed by atoms with Crippen LogP contribution in [0.4, 0.5) is 8.78 Å². The number of nitrogens with zero attached hydrogens (tertiary/aromatic N) is 1. The monoisotopic (exact) mass is 339 g/mol. The molecule has 3 nitrogen and oxygen atoms in total. The van der Waals surface area contributed by atoms with Crippen LogP contribution in [0.15, 0.2) is 54.7 Å².